The van der Waals surface area contributed by atoms with Crippen LogP contribution in [-0.2, 0) is 0 Å². The summed E-state index contributed by atoms with van der Waals surface area (Å²) in [5, 5.41) is 3.02. The predicted octanol–water partition coefficient (Wildman–Crippen LogP) is 2.85. The van der Waals surface area contributed by atoms with Crippen molar-refractivity contribution in [2.45, 2.75) is 0 Å². The number of hydrogen-bond donors (Lipinski definition) is 1. The fourth-order valence-electron chi connectivity index (χ4n) is 1.07. The number of benzene rings is 1. The van der Waals surface area contributed by atoms with Gasteiger partial charge in [0, 0.05) is 5.69 Å². The molecule has 0 aliphatic rings. The minimum atomic E-state index is 1.03. The molecule has 1 aromatic carbocycles. The first kappa shape index (κ1) is 7.31. The Bertz CT molecular complexity index is 406. The molecule has 0 saturated heterocycles. The van der Waals surface area contributed by atoms with E-state index in [1.807, 2.05) is 17.6 Å². The third-order valence-corrected chi connectivity index (χ3v) is 2.41. The van der Waals surface area contributed by atoms with Crippen LogP contribution < -0.4 is 5.32 Å². The molecule has 0 aliphatic carbocycles. The molecule has 0 unspecified atom stereocenters. The van der Waals surface area contributed by atoms with E-state index < -0.39 is 0 Å². The highest BCUT2D eigenvalue weighted by Gasteiger charge is 1.96. The SMILES string of the molecule is C=CNc1ccc2scnc2c1. The molecule has 0 atom stereocenters. The van der Waals surface area contributed by atoms with Gasteiger partial charge >= 0.3 is 0 Å². The highest BCUT2D eigenvalue weighted by Crippen LogP contribution is 2.21. The molecule has 0 aliphatic heterocycles. The Morgan fingerprint density at radius 2 is 2.42 bits per heavy atom. The van der Waals surface area contributed by atoms with Gasteiger partial charge < -0.3 is 5.32 Å². The van der Waals surface area contributed by atoms with E-state index in [0.717, 1.165) is 11.2 Å². The Labute approximate surface area is 74.6 Å². The van der Waals surface area contributed by atoms with E-state index in [1.54, 1.807) is 17.5 Å². The van der Waals surface area contributed by atoms with Crippen LogP contribution in [0.25, 0.3) is 10.2 Å². The van der Waals surface area contributed by atoms with Crippen molar-refractivity contribution in [2.75, 3.05) is 5.32 Å². The van der Waals surface area contributed by atoms with Crippen molar-refractivity contribution < 1.29 is 0 Å². The molecule has 2 rings (SSSR count). The van der Waals surface area contributed by atoms with Crippen LogP contribution in [0.3, 0.4) is 0 Å². The first-order valence-corrected chi connectivity index (χ1v) is 4.49. The summed E-state index contributed by atoms with van der Waals surface area (Å²) in [7, 11) is 0. The standard InChI is InChI=1S/C9H8N2S/c1-2-10-7-3-4-9-8(5-7)11-6-12-9/h2-6,10H,1H2. The summed E-state index contributed by atoms with van der Waals surface area (Å²) in [4.78, 5) is 4.21. The molecule has 0 spiro atoms. The molecule has 0 amide bonds. The largest absolute Gasteiger partial charge is 0.362 e. The number of rotatable bonds is 2. The Kier molecular flexibility index (Phi) is 1.80. The van der Waals surface area contributed by atoms with E-state index in [-0.39, 0.29) is 0 Å². The average Bonchev–Trinajstić information content (AvgIpc) is 2.51. The molecular weight excluding hydrogens is 168 g/mol. The Morgan fingerprint density at radius 1 is 1.50 bits per heavy atom. The molecule has 60 valence electrons. The lowest BCUT2D eigenvalue weighted by molar-refractivity contribution is 1.49. The summed E-state index contributed by atoms with van der Waals surface area (Å²) in [5.41, 5.74) is 3.91. The lowest BCUT2D eigenvalue weighted by Gasteiger charge is -1.97. The van der Waals surface area contributed by atoms with Crippen LogP contribution in [0, 0.1) is 0 Å². The molecule has 3 heteroatoms. The van der Waals surface area contributed by atoms with Crippen molar-refractivity contribution in [3.8, 4) is 0 Å². The van der Waals surface area contributed by atoms with Crippen molar-refractivity contribution in [3.63, 3.8) is 0 Å². The van der Waals surface area contributed by atoms with Crippen molar-refractivity contribution in [2.24, 2.45) is 0 Å². The van der Waals surface area contributed by atoms with Crippen LogP contribution in [0.2, 0.25) is 0 Å². The predicted molar refractivity (Wildman–Crippen MR) is 53.4 cm³/mol. The number of thiazole rings is 1. The molecule has 12 heavy (non-hydrogen) atoms. The van der Waals surface area contributed by atoms with Gasteiger partial charge in [0.15, 0.2) is 0 Å². The fraction of sp³-hybridized carbons (Fsp3) is 0. The van der Waals surface area contributed by atoms with Crippen LogP contribution in [0.1, 0.15) is 0 Å². The second-order valence-corrected chi connectivity index (χ2v) is 3.27. The molecule has 0 radical (unpaired) electrons. The summed E-state index contributed by atoms with van der Waals surface area (Å²) in [6.45, 7) is 3.59. The van der Waals surface area contributed by atoms with Gasteiger partial charge in [0.2, 0.25) is 0 Å². The van der Waals surface area contributed by atoms with Gasteiger partial charge in [-0.2, -0.15) is 0 Å². The van der Waals surface area contributed by atoms with E-state index in [0.29, 0.717) is 0 Å². The zero-order chi connectivity index (χ0) is 8.39. The number of nitrogens with zero attached hydrogens (tertiary/aromatic N) is 1. The van der Waals surface area contributed by atoms with Crippen LogP contribution in [0.4, 0.5) is 5.69 Å². The zero-order valence-electron chi connectivity index (χ0n) is 6.45. The van der Waals surface area contributed by atoms with Gasteiger partial charge in [0.25, 0.3) is 0 Å². The molecule has 1 aromatic heterocycles. The summed E-state index contributed by atoms with van der Waals surface area (Å²) in [6, 6.07) is 6.08. The van der Waals surface area contributed by atoms with Crippen molar-refractivity contribution in [1.82, 2.24) is 4.98 Å². The fourth-order valence-corrected chi connectivity index (χ4v) is 1.72. The molecule has 0 saturated carbocycles. The minimum absolute atomic E-state index is 1.03. The maximum atomic E-state index is 4.21. The van der Waals surface area contributed by atoms with Gasteiger partial charge in [0.1, 0.15) is 0 Å². The summed E-state index contributed by atoms with van der Waals surface area (Å²) in [5.74, 6) is 0. The van der Waals surface area contributed by atoms with E-state index in [1.165, 1.54) is 4.70 Å². The van der Waals surface area contributed by atoms with E-state index in [9.17, 15) is 0 Å². The Balaban J connectivity index is 2.52. The molecule has 2 aromatic rings. The normalized spacial score (nSPS) is 10.0. The van der Waals surface area contributed by atoms with Crippen molar-refractivity contribution in [3.05, 3.63) is 36.5 Å². The second kappa shape index (κ2) is 2.95. The minimum Gasteiger partial charge on any atom is -0.362 e. The number of anilines is 1. The van der Waals surface area contributed by atoms with E-state index in [4.69, 9.17) is 0 Å². The molecule has 0 bridgehead atoms. The molecular formula is C9H8N2S. The number of hydrogen-bond acceptors (Lipinski definition) is 3. The molecule has 1 N–H and O–H groups in total. The molecule has 2 nitrogen and oxygen atoms in total. The Hall–Kier alpha value is -1.35. The number of nitrogens with one attached hydrogen (secondary N) is 1. The van der Waals surface area contributed by atoms with Gasteiger partial charge in [-0.1, -0.05) is 6.58 Å². The summed E-state index contributed by atoms with van der Waals surface area (Å²) >= 11 is 1.65. The average molecular weight is 176 g/mol. The topological polar surface area (TPSA) is 24.9 Å². The van der Waals surface area contributed by atoms with Crippen LogP contribution in [0.15, 0.2) is 36.5 Å². The molecule has 1 heterocycles. The lowest BCUT2D eigenvalue weighted by Crippen LogP contribution is -1.84. The second-order valence-electron chi connectivity index (χ2n) is 2.38. The first-order chi connectivity index (χ1) is 5.90. The first-order valence-electron chi connectivity index (χ1n) is 3.61. The number of fused-ring (bicyclic) bond motifs is 1. The van der Waals surface area contributed by atoms with Gasteiger partial charge in [-0.3, -0.25) is 0 Å². The highest BCUT2D eigenvalue weighted by molar-refractivity contribution is 7.16. The summed E-state index contributed by atoms with van der Waals surface area (Å²) < 4.78 is 1.21. The van der Waals surface area contributed by atoms with Gasteiger partial charge in [-0.05, 0) is 24.4 Å². The monoisotopic (exact) mass is 176 g/mol. The van der Waals surface area contributed by atoms with Crippen molar-refractivity contribution in [1.29, 1.82) is 0 Å². The third-order valence-electron chi connectivity index (χ3n) is 1.60. The van der Waals surface area contributed by atoms with Gasteiger partial charge in [0.05, 0.1) is 15.7 Å². The molecule has 0 fully saturated rings. The van der Waals surface area contributed by atoms with Crippen molar-refractivity contribution >= 4 is 27.2 Å². The summed E-state index contributed by atoms with van der Waals surface area (Å²) in [6.07, 6.45) is 1.66. The maximum Gasteiger partial charge on any atom is 0.0832 e. The zero-order valence-corrected chi connectivity index (χ0v) is 7.27. The lowest BCUT2D eigenvalue weighted by atomic mass is 10.3. The van der Waals surface area contributed by atoms with Gasteiger partial charge in [-0.25, -0.2) is 4.98 Å². The van der Waals surface area contributed by atoms with Crippen LogP contribution in [0.5, 0.6) is 0 Å². The van der Waals surface area contributed by atoms with Crippen LogP contribution in [-0.4, -0.2) is 4.98 Å². The highest BCUT2D eigenvalue weighted by atomic mass is 32.1. The maximum absolute atomic E-state index is 4.21. The Morgan fingerprint density at radius 3 is 3.25 bits per heavy atom. The van der Waals surface area contributed by atoms with Crippen LogP contribution >= 0.6 is 11.3 Å². The quantitative estimate of drug-likeness (QED) is 0.761. The third kappa shape index (κ3) is 1.19. The smallest absolute Gasteiger partial charge is 0.0832 e. The van der Waals surface area contributed by atoms with Gasteiger partial charge in [-0.15, -0.1) is 11.3 Å². The van der Waals surface area contributed by atoms with E-state index in [2.05, 4.69) is 22.9 Å². The van der Waals surface area contributed by atoms with E-state index >= 15 is 0 Å². The number of aromatic nitrogens is 1.